The molecule has 0 aliphatic rings. The third kappa shape index (κ3) is 2.38. The molecular formula is C17H13NO2. The average Bonchev–Trinajstić information content (AvgIpc) is 2.48. The second-order valence-corrected chi connectivity index (χ2v) is 4.52. The Balaban J connectivity index is 2.19. The quantitative estimate of drug-likeness (QED) is 0.674. The Labute approximate surface area is 116 Å². The molecule has 0 saturated heterocycles. The van der Waals surface area contributed by atoms with Crippen LogP contribution in [0.25, 0.3) is 11.0 Å². The van der Waals surface area contributed by atoms with Crippen LogP contribution in [0, 0.1) is 6.92 Å². The highest BCUT2D eigenvalue weighted by Crippen LogP contribution is 2.11. The largest absolute Gasteiger partial charge is 0.461 e. The molecule has 0 unspecified atom stereocenters. The number of benzene rings is 2. The zero-order chi connectivity index (χ0) is 13.9. The predicted octanol–water partition coefficient (Wildman–Crippen LogP) is 3.48. The van der Waals surface area contributed by atoms with Gasteiger partial charge >= 0.3 is 0 Å². The van der Waals surface area contributed by atoms with E-state index < -0.39 is 0 Å². The molecule has 0 radical (unpaired) electrons. The Kier molecular flexibility index (Phi) is 3.17. The summed E-state index contributed by atoms with van der Waals surface area (Å²) in [6, 6.07) is 18.4. The fourth-order valence-electron chi connectivity index (χ4n) is 2.09. The van der Waals surface area contributed by atoms with Crippen molar-refractivity contribution in [1.29, 1.82) is 0 Å². The van der Waals surface area contributed by atoms with Gasteiger partial charge in [0.1, 0.15) is 11.3 Å². The van der Waals surface area contributed by atoms with Crippen LogP contribution in [-0.2, 0) is 0 Å². The van der Waals surface area contributed by atoms with E-state index >= 15 is 0 Å². The molecular weight excluding hydrogens is 250 g/mol. The summed E-state index contributed by atoms with van der Waals surface area (Å²) < 4.78 is 5.62. The Morgan fingerprint density at radius 2 is 1.70 bits per heavy atom. The number of para-hydroxylation sites is 1. The summed E-state index contributed by atoms with van der Waals surface area (Å²) in [7, 11) is 0. The Hall–Kier alpha value is -2.68. The lowest BCUT2D eigenvalue weighted by Gasteiger charge is -2.00. The number of amides is 1. The first-order valence-electron chi connectivity index (χ1n) is 6.37. The number of aryl methyl sites for hydroxylation is 1. The number of nitrogens with zero attached hydrogens (tertiary/aromatic N) is 1. The highest BCUT2D eigenvalue weighted by Gasteiger charge is 2.04. The number of fused-ring (bicyclic) bond motifs is 1. The van der Waals surface area contributed by atoms with E-state index in [0.717, 1.165) is 16.7 Å². The van der Waals surface area contributed by atoms with Gasteiger partial charge in [0, 0.05) is 17.0 Å². The van der Waals surface area contributed by atoms with Gasteiger partial charge in [0.05, 0.1) is 5.36 Å². The van der Waals surface area contributed by atoms with Crippen molar-refractivity contribution in [3.63, 3.8) is 0 Å². The summed E-state index contributed by atoms with van der Waals surface area (Å²) in [6.07, 6.45) is 0. The third-order valence-electron chi connectivity index (χ3n) is 3.02. The van der Waals surface area contributed by atoms with E-state index in [1.54, 1.807) is 18.2 Å². The number of hydrogen-bond donors (Lipinski definition) is 0. The van der Waals surface area contributed by atoms with E-state index in [1.807, 2.05) is 49.4 Å². The smallest absolute Gasteiger partial charge is 0.277 e. The molecule has 3 nitrogen and oxygen atoms in total. The predicted molar refractivity (Wildman–Crippen MR) is 77.3 cm³/mol. The molecule has 0 saturated carbocycles. The van der Waals surface area contributed by atoms with Gasteiger partial charge < -0.3 is 4.42 Å². The maximum absolute atomic E-state index is 12.2. The molecule has 0 spiro atoms. The Bertz CT molecular complexity index is 832. The molecule has 0 N–H and O–H groups in total. The molecule has 0 aliphatic carbocycles. The summed E-state index contributed by atoms with van der Waals surface area (Å²) in [5, 5.41) is 1.47. The average molecular weight is 263 g/mol. The van der Waals surface area contributed by atoms with E-state index in [2.05, 4.69) is 4.99 Å². The van der Waals surface area contributed by atoms with Crippen LogP contribution in [0.3, 0.4) is 0 Å². The van der Waals surface area contributed by atoms with E-state index in [0.29, 0.717) is 10.9 Å². The summed E-state index contributed by atoms with van der Waals surface area (Å²) in [4.78, 5) is 16.4. The van der Waals surface area contributed by atoms with Gasteiger partial charge in [0.2, 0.25) is 0 Å². The van der Waals surface area contributed by atoms with Gasteiger partial charge in [-0.15, -0.1) is 0 Å². The third-order valence-corrected chi connectivity index (χ3v) is 3.02. The molecule has 3 rings (SSSR count). The monoisotopic (exact) mass is 263 g/mol. The van der Waals surface area contributed by atoms with Gasteiger partial charge in [0.25, 0.3) is 5.91 Å². The maximum atomic E-state index is 12.2. The van der Waals surface area contributed by atoms with Crippen LogP contribution < -0.4 is 5.36 Å². The van der Waals surface area contributed by atoms with Crippen LogP contribution in [-0.4, -0.2) is 5.91 Å². The molecule has 1 aromatic heterocycles. The molecule has 2 aromatic carbocycles. The Morgan fingerprint density at radius 1 is 1.00 bits per heavy atom. The first-order valence-corrected chi connectivity index (χ1v) is 6.37. The molecule has 98 valence electrons. The SMILES string of the molecule is Cc1cc(=NC(=O)c2ccccc2)c2ccccc2o1. The second kappa shape index (κ2) is 5.13. The molecule has 0 aliphatic heterocycles. The van der Waals surface area contributed by atoms with Gasteiger partial charge in [-0.1, -0.05) is 30.3 Å². The molecule has 3 aromatic rings. The van der Waals surface area contributed by atoms with Crippen molar-refractivity contribution in [3.8, 4) is 0 Å². The number of carbonyl (C=O) groups is 1. The molecule has 0 bridgehead atoms. The van der Waals surface area contributed by atoms with Gasteiger partial charge in [-0.05, 0) is 31.2 Å². The molecule has 20 heavy (non-hydrogen) atoms. The number of carbonyl (C=O) groups excluding carboxylic acids is 1. The lowest BCUT2D eigenvalue weighted by atomic mass is 10.2. The van der Waals surface area contributed by atoms with Crippen LogP contribution >= 0.6 is 0 Å². The summed E-state index contributed by atoms with van der Waals surface area (Å²) in [6.45, 7) is 1.85. The summed E-state index contributed by atoms with van der Waals surface area (Å²) >= 11 is 0. The number of rotatable bonds is 1. The maximum Gasteiger partial charge on any atom is 0.277 e. The van der Waals surface area contributed by atoms with Gasteiger partial charge in [0.15, 0.2) is 0 Å². The van der Waals surface area contributed by atoms with Crippen molar-refractivity contribution in [2.24, 2.45) is 4.99 Å². The molecule has 0 atom stereocenters. The summed E-state index contributed by atoms with van der Waals surface area (Å²) in [5.74, 6) is 0.477. The van der Waals surface area contributed by atoms with Crippen molar-refractivity contribution >= 4 is 16.9 Å². The van der Waals surface area contributed by atoms with Crippen molar-refractivity contribution in [3.05, 3.63) is 77.3 Å². The van der Waals surface area contributed by atoms with E-state index in [4.69, 9.17) is 4.42 Å². The molecule has 3 heteroatoms. The normalized spacial score (nSPS) is 11.8. The van der Waals surface area contributed by atoms with E-state index in [1.165, 1.54) is 0 Å². The van der Waals surface area contributed by atoms with E-state index in [-0.39, 0.29) is 5.91 Å². The van der Waals surface area contributed by atoms with Crippen LogP contribution in [0.15, 0.2) is 70.1 Å². The minimum absolute atomic E-state index is 0.249. The molecule has 1 heterocycles. The summed E-state index contributed by atoms with van der Waals surface area (Å²) in [5.41, 5.74) is 1.31. The topological polar surface area (TPSA) is 42.6 Å². The molecule has 1 amide bonds. The minimum Gasteiger partial charge on any atom is -0.461 e. The highest BCUT2D eigenvalue weighted by atomic mass is 16.3. The van der Waals surface area contributed by atoms with Crippen molar-refractivity contribution in [2.45, 2.75) is 6.92 Å². The van der Waals surface area contributed by atoms with E-state index in [9.17, 15) is 4.79 Å². The van der Waals surface area contributed by atoms with Gasteiger partial charge in [-0.2, -0.15) is 0 Å². The van der Waals surface area contributed by atoms with Crippen LogP contribution in [0.5, 0.6) is 0 Å². The first-order chi connectivity index (χ1) is 9.74. The van der Waals surface area contributed by atoms with Crippen molar-refractivity contribution in [1.82, 2.24) is 0 Å². The van der Waals surface area contributed by atoms with Crippen molar-refractivity contribution < 1.29 is 9.21 Å². The first kappa shape index (κ1) is 12.4. The van der Waals surface area contributed by atoms with Gasteiger partial charge in [-0.3, -0.25) is 4.79 Å². The highest BCUT2D eigenvalue weighted by molar-refractivity contribution is 5.95. The zero-order valence-corrected chi connectivity index (χ0v) is 11.0. The Morgan fingerprint density at radius 3 is 2.50 bits per heavy atom. The van der Waals surface area contributed by atoms with Crippen molar-refractivity contribution in [2.75, 3.05) is 0 Å². The van der Waals surface area contributed by atoms with Gasteiger partial charge in [-0.25, -0.2) is 4.99 Å². The minimum atomic E-state index is -0.249. The lowest BCUT2D eigenvalue weighted by Crippen LogP contribution is -2.08. The zero-order valence-electron chi connectivity index (χ0n) is 11.0. The fourth-order valence-corrected chi connectivity index (χ4v) is 2.09. The van der Waals surface area contributed by atoms with Crippen LogP contribution in [0.1, 0.15) is 16.1 Å². The fraction of sp³-hybridized carbons (Fsp3) is 0.0588. The second-order valence-electron chi connectivity index (χ2n) is 4.52. The van der Waals surface area contributed by atoms with Crippen LogP contribution in [0.4, 0.5) is 0 Å². The standard InChI is InChI=1S/C17H13NO2/c1-12-11-15(14-9-5-6-10-16(14)20-12)18-17(19)13-7-3-2-4-8-13/h2-11H,1H3. The molecule has 0 fully saturated rings. The number of hydrogen-bond acceptors (Lipinski definition) is 2. The lowest BCUT2D eigenvalue weighted by molar-refractivity contribution is 0.0998. The van der Waals surface area contributed by atoms with Crippen LogP contribution in [0.2, 0.25) is 0 Å².